The Kier molecular flexibility index (Phi) is 5.43. The predicted molar refractivity (Wildman–Crippen MR) is 112 cm³/mol. The van der Waals surface area contributed by atoms with Crippen molar-refractivity contribution < 1.29 is 22.7 Å². The Morgan fingerprint density at radius 1 is 1.16 bits per heavy atom. The molecule has 1 aliphatic carbocycles. The van der Waals surface area contributed by atoms with E-state index in [1.807, 2.05) is 0 Å². The summed E-state index contributed by atoms with van der Waals surface area (Å²) in [5.41, 5.74) is 7.49. The minimum atomic E-state index is -4.53. The van der Waals surface area contributed by atoms with Gasteiger partial charge in [0.1, 0.15) is 11.6 Å². The fourth-order valence-electron chi connectivity index (χ4n) is 4.33. The first kappa shape index (κ1) is 21.5. The van der Waals surface area contributed by atoms with E-state index in [9.17, 15) is 23.2 Å². The van der Waals surface area contributed by atoms with Crippen LogP contribution in [0.1, 0.15) is 36.3 Å². The molecular weight excluding hydrogens is 419 g/mol. The van der Waals surface area contributed by atoms with Gasteiger partial charge in [0.2, 0.25) is 0 Å². The molecule has 164 valence electrons. The van der Waals surface area contributed by atoms with Crippen molar-refractivity contribution in [2.24, 2.45) is 5.73 Å². The molecule has 0 spiro atoms. The second kappa shape index (κ2) is 8.08. The minimum absolute atomic E-state index is 0.0288. The smallest absolute Gasteiger partial charge is 0.416 e. The molecule has 5 nitrogen and oxygen atoms in total. The Labute approximate surface area is 183 Å². The third kappa shape index (κ3) is 3.60. The van der Waals surface area contributed by atoms with E-state index in [1.165, 1.54) is 24.1 Å². The highest BCUT2D eigenvalue weighted by atomic mass is 19.4. The van der Waals surface area contributed by atoms with Crippen LogP contribution in [0.15, 0.2) is 71.2 Å². The maximum atomic E-state index is 13.3. The zero-order chi connectivity index (χ0) is 23.0. The number of Topliss-reactive ketones (excluding diaryl/α,β-unsaturated/α-hetero) is 1. The van der Waals surface area contributed by atoms with E-state index in [2.05, 4.69) is 6.07 Å². The van der Waals surface area contributed by atoms with E-state index in [-0.39, 0.29) is 22.9 Å². The number of nitrogens with zero attached hydrogens (tertiary/aromatic N) is 2. The highest BCUT2D eigenvalue weighted by molar-refractivity contribution is 6.01. The van der Waals surface area contributed by atoms with Crippen molar-refractivity contribution in [2.75, 3.05) is 12.0 Å². The Hall–Kier alpha value is -3.73. The molecule has 8 heteroatoms. The number of carbonyl (C=O) groups is 1. The van der Waals surface area contributed by atoms with E-state index in [4.69, 9.17) is 10.5 Å². The molecule has 0 aromatic heterocycles. The van der Waals surface area contributed by atoms with Gasteiger partial charge in [0.05, 0.1) is 30.2 Å². The topological polar surface area (TPSA) is 79.3 Å². The first-order valence-corrected chi connectivity index (χ1v) is 10.0. The van der Waals surface area contributed by atoms with Gasteiger partial charge in [0.15, 0.2) is 5.78 Å². The van der Waals surface area contributed by atoms with E-state index < -0.39 is 17.7 Å². The molecule has 4 rings (SSSR count). The standard InChI is InChI=1S/C24H20F3N3O2/c1-32-17-10-8-14(9-11-17)21-18(13-28)23(29)30(19-6-3-7-20(31)22(19)21)16-5-2-4-15(12-16)24(25,26)27/h2,4-5,8-12,21H,3,6-7,29H2,1H3/t21-/m1/s1. The highest BCUT2D eigenvalue weighted by Gasteiger charge is 2.41. The Morgan fingerprint density at radius 2 is 1.88 bits per heavy atom. The average molecular weight is 439 g/mol. The van der Waals surface area contributed by atoms with Gasteiger partial charge < -0.3 is 10.5 Å². The summed E-state index contributed by atoms with van der Waals surface area (Å²) in [5, 5.41) is 9.97. The largest absolute Gasteiger partial charge is 0.497 e. The van der Waals surface area contributed by atoms with Crippen molar-refractivity contribution in [3.05, 3.63) is 82.3 Å². The summed E-state index contributed by atoms with van der Waals surface area (Å²) in [4.78, 5) is 14.5. The third-order valence-electron chi connectivity index (χ3n) is 5.79. The summed E-state index contributed by atoms with van der Waals surface area (Å²) in [6, 6.07) is 13.8. The number of rotatable bonds is 3. The van der Waals surface area contributed by atoms with Gasteiger partial charge in [-0.05, 0) is 48.7 Å². The maximum Gasteiger partial charge on any atom is 0.416 e. The summed E-state index contributed by atoms with van der Waals surface area (Å²) in [6.07, 6.45) is -3.21. The molecule has 2 aliphatic rings. The van der Waals surface area contributed by atoms with E-state index in [0.717, 1.165) is 12.1 Å². The maximum absolute atomic E-state index is 13.3. The van der Waals surface area contributed by atoms with E-state index >= 15 is 0 Å². The van der Waals surface area contributed by atoms with Crippen LogP contribution in [0.2, 0.25) is 0 Å². The minimum Gasteiger partial charge on any atom is -0.497 e. The number of ether oxygens (including phenoxy) is 1. The molecular formula is C24H20F3N3O2. The number of benzene rings is 2. The lowest BCUT2D eigenvalue weighted by atomic mass is 9.75. The van der Waals surface area contributed by atoms with Crippen LogP contribution < -0.4 is 15.4 Å². The van der Waals surface area contributed by atoms with Gasteiger partial charge >= 0.3 is 6.18 Å². The van der Waals surface area contributed by atoms with Gasteiger partial charge in [0, 0.05) is 23.4 Å². The van der Waals surface area contributed by atoms with E-state index in [0.29, 0.717) is 41.8 Å². The molecule has 2 N–H and O–H groups in total. The normalized spacial score (nSPS) is 19.0. The molecule has 0 saturated heterocycles. The van der Waals surface area contributed by atoms with Crippen LogP contribution in [0.25, 0.3) is 0 Å². The number of nitriles is 1. The molecule has 0 saturated carbocycles. The van der Waals surface area contributed by atoms with Crippen LogP contribution in [0.5, 0.6) is 5.75 Å². The van der Waals surface area contributed by atoms with Crippen LogP contribution >= 0.6 is 0 Å². The van der Waals surface area contributed by atoms with E-state index in [1.54, 1.807) is 24.3 Å². The Balaban J connectivity index is 1.92. The molecule has 2 aromatic carbocycles. The number of carbonyl (C=O) groups excluding carboxylic acids is 1. The van der Waals surface area contributed by atoms with Crippen molar-refractivity contribution in [1.82, 2.24) is 0 Å². The van der Waals surface area contributed by atoms with Crippen LogP contribution in [0.4, 0.5) is 18.9 Å². The number of hydrogen-bond acceptors (Lipinski definition) is 5. The third-order valence-corrected chi connectivity index (χ3v) is 5.79. The number of methoxy groups -OCH3 is 1. The van der Waals surface area contributed by atoms with Crippen molar-refractivity contribution in [2.45, 2.75) is 31.4 Å². The number of anilines is 1. The molecule has 32 heavy (non-hydrogen) atoms. The Bertz CT molecular complexity index is 1170. The molecule has 0 radical (unpaired) electrons. The van der Waals surface area contributed by atoms with Gasteiger partial charge in [-0.3, -0.25) is 9.69 Å². The van der Waals surface area contributed by atoms with Crippen molar-refractivity contribution in [3.63, 3.8) is 0 Å². The van der Waals surface area contributed by atoms with Crippen LogP contribution in [-0.2, 0) is 11.0 Å². The fourth-order valence-corrected chi connectivity index (χ4v) is 4.33. The van der Waals surface area contributed by atoms with Crippen LogP contribution in [0, 0.1) is 11.3 Å². The first-order valence-electron chi connectivity index (χ1n) is 10.0. The lowest BCUT2D eigenvalue weighted by Gasteiger charge is -2.39. The molecule has 1 atom stereocenters. The van der Waals surface area contributed by atoms with Gasteiger partial charge in [-0.25, -0.2) is 0 Å². The van der Waals surface area contributed by atoms with Crippen molar-refractivity contribution in [1.29, 1.82) is 5.26 Å². The number of ketones is 1. The molecule has 1 aliphatic heterocycles. The van der Waals surface area contributed by atoms with Gasteiger partial charge in [-0.1, -0.05) is 18.2 Å². The summed E-state index contributed by atoms with van der Waals surface area (Å²) < 4.78 is 45.2. The zero-order valence-electron chi connectivity index (χ0n) is 17.2. The monoisotopic (exact) mass is 439 g/mol. The molecule has 0 bridgehead atoms. The summed E-state index contributed by atoms with van der Waals surface area (Å²) in [6.45, 7) is 0. The zero-order valence-corrected chi connectivity index (χ0v) is 17.2. The van der Waals surface area contributed by atoms with Crippen LogP contribution in [-0.4, -0.2) is 12.9 Å². The summed E-state index contributed by atoms with van der Waals surface area (Å²) >= 11 is 0. The number of allylic oxidation sites excluding steroid dienone is 3. The van der Waals surface area contributed by atoms with Gasteiger partial charge in [-0.15, -0.1) is 0 Å². The SMILES string of the molecule is COc1ccc([C@@H]2C(C#N)=C(N)N(c3cccc(C(F)(F)F)c3)C3=C2C(=O)CCC3)cc1. The van der Waals surface area contributed by atoms with Crippen molar-refractivity contribution in [3.8, 4) is 11.8 Å². The lowest BCUT2D eigenvalue weighted by Crippen LogP contribution is -2.38. The predicted octanol–water partition coefficient (Wildman–Crippen LogP) is 5.02. The Morgan fingerprint density at radius 3 is 2.50 bits per heavy atom. The number of alkyl halides is 3. The van der Waals surface area contributed by atoms with Gasteiger partial charge in [-0.2, -0.15) is 18.4 Å². The lowest BCUT2D eigenvalue weighted by molar-refractivity contribution is -0.137. The summed E-state index contributed by atoms with van der Waals surface area (Å²) in [7, 11) is 1.53. The second-order valence-electron chi connectivity index (χ2n) is 7.64. The molecule has 0 unspecified atom stereocenters. The molecule has 0 fully saturated rings. The molecule has 0 amide bonds. The highest BCUT2D eigenvalue weighted by Crippen LogP contribution is 2.47. The molecule has 1 heterocycles. The number of hydrogen-bond donors (Lipinski definition) is 1. The number of nitrogens with two attached hydrogens (primary N) is 1. The summed E-state index contributed by atoms with van der Waals surface area (Å²) in [5.74, 6) is -0.170. The average Bonchev–Trinajstić information content (AvgIpc) is 2.78. The quantitative estimate of drug-likeness (QED) is 0.727. The van der Waals surface area contributed by atoms with Crippen molar-refractivity contribution >= 4 is 11.5 Å². The number of halogens is 3. The molecule has 2 aromatic rings. The first-order chi connectivity index (χ1) is 15.3. The second-order valence-corrected chi connectivity index (χ2v) is 7.64. The fraction of sp³-hybridized carbons (Fsp3) is 0.250. The van der Waals surface area contributed by atoms with Crippen LogP contribution in [0.3, 0.4) is 0 Å². The van der Waals surface area contributed by atoms with Gasteiger partial charge in [0.25, 0.3) is 0 Å².